The van der Waals surface area contributed by atoms with Gasteiger partial charge in [-0.2, -0.15) is 0 Å². The third-order valence-corrected chi connectivity index (χ3v) is 4.65. The summed E-state index contributed by atoms with van der Waals surface area (Å²) in [6.45, 7) is 0.262. The van der Waals surface area contributed by atoms with Crippen LogP contribution in [-0.4, -0.2) is 21.1 Å². The molecule has 8 nitrogen and oxygen atoms in total. The Balaban J connectivity index is 1.75. The fraction of sp³-hybridized carbons (Fsp3) is 0.0556. The average Bonchev–Trinajstić information content (AvgIpc) is 3.13. The van der Waals surface area contributed by atoms with Crippen LogP contribution in [0, 0.1) is 10.1 Å². The van der Waals surface area contributed by atoms with Gasteiger partial charge in [-0.1, -0.05) is 6.07 Å². The van der Waals surface area contributed by atoms with Crippen molar-refractivity contribution in [3.63, 3.8) is 0 Å². The second kappa shape index (κ2) is 7.83. The highest BCUT2D eigenvalue weighted by Crippen LogP contribution is 2.35. The third kappa shape index (κ3) is 4.39. The van der Waals surface area contributed by atoms with Gasteiger partial charge in [0, 0.05) is 24.4 Å². The maximum absolute atomic E-state index is 11.4. The number of nitro benzene ring substituents is 1. The van der Waals surface area contributed by atoms with Gasteiger partial charge in [0.1, 0.15) is 11.3 Å². The standard InChI is InChI=1S/C18H14N2O6S/c21-15-9-12(4-5-13(15)18(22)23)19-10-11-3-6-16(14(8-11)20(24)25)27-17-2-1-7-26-17/h1-9,19,21H,10H2,(H,22,23). The highest BCUT2D eigenvalue weighted by Gasteiger charge is 2.17. The molecule has 9 heteroatoms. The number of benzene rings is 2. The lowest BCUT2D eigenvalue weighted by atomic mass is 10.1. The Morgan fingerprint density at radius 1 is 1.22 bits per heavy atom. The second-order valence-corrected chi connectivity index (χ2v) is 6.53. The quantitative estimate of drug-likeness (QED) is 0.404. The number of nitrogens with zero attached hydrogens (tertiary/aromatic N) is 1. The molecule has 138 valence electrons. The maximum atomic E-state index is 11.4. The number of hydrogen-bond donors (Lipinski definition) is 3. The predicted octanol–water partition coefficient (Wildman–Crippen LogP) is 4.35. The smallest absolute Gasteiger partial charge is 0.339 e. The van der Waals surface area contributed by atoms with Crippen molar-refractivity contribution in [2.75, 3.05) is 5.32 Å². The Kier molecular flexibility index (Phi) is 5.32. The molecule has 1 aromatic heterocycles. The maximum Gasteiger partial charge on any atom is 0.339 e. The summed E-state index contributed by atoms with van der Waals surface area (Å²) >= 11 is 1.16. The summed E-state index contributed by atoms with van der Waals surface area (Å²) in [6, 6.07) is 12.4. The van der Waals surface area contributed by atoms with Gasteiger partial charge in [0.25, 0.3) is 5.69 Å². The molecule has 0 radical (unpaired) electrons. The topological polar surface area (TPSA) is 126 Å². The van der Waals surface area contributed by atoms with E-state index in [0.717, 1.165) is 11.8 Å². The number of nitrogens with one attached hydrogen (secondary N) is 1. The molecule has 1 heterocycles. The van der Waals surface area contributed by atoms with Crippen LogP contribution in [0.2, 0.25) is 0 Å². The monoisotopic (exact) mass is 386 g/mol. The number of aromatic hydroxyl groups is 1. The van der Waals surface area contributed by atoms with E-state index in [1.54, 1.807) is 24.3 Å². The first kappa shape index (κ1) is 18.3. The number of rotatable bonds is 7. The molecule has 3 N–H and O–H groups in total. The van der Waals surface area contributed by atoms with E-state index >= 15 is 0 Å². The van der Waals surface area contributed by atoms with Gasteiger partial charge < -0.3 is 19.9 Å². The number of carboxylic acid groups (broad SMARTS) is 1. The van der Waals surface area contributed by atoms with Gasteiger partial charge in [-0.3, -0.25) is 10.1 Å². The van der Waals surface area contributed by atoms with E-state index in [9.17, 15) is 20.0 Å². The van der Waals surface area contributed by atoms with Crippen molar-refractivity contribution in [2.24, 2.45) is 0 Å². The summed E-state index contributed by atoms with van der Waals surface area (Å²) in [5, 5.41) is 33.6. The molecule has 27 heavy (non-hydrogen) atoms. The first-order chi connectivity index (χ1) is 12.9. The Morgan fingerprint density at radius 3 is 2.67 bits per heavy atom. The molecule has 0 aliphatic heterocycles. The molecule has 3 rings (SSSR count). The van der Waals surface area contributed by atoms with Gasteiger partial charge in [-0.25, -0.2) is 4.79 Å². The SMILES string of the molecule is O=C(O)c1ccc(NCc2ccc(Sc3ccco3)c([N+](=O)[O-])c2)cc1O. The second-order valence-electron chi connectivity index (χ2n) is 5.48. The van der Waals surface area contributed by atoms with Crippen molar-refractivity contribution in [3.8, 4) is 5.75 Å². The van der Waals surface area contributed by atoms with E-state index < -0.39 is 10.9 Å². The molecule has 0 saturated carbocycles. The number of phenols is 1. The van der Waals surface area contributed by atoms with Crippen LogP contribution in [0.5, 0.6) is 5.75 Å². The van der Waals surface area contributed by atoms with Crippen molar-refractivity contribution in [2.45, 2.75) is 16.5 Å². The van der Waals surface area contributed by atoms with E-state index in [2.05, 4.69) is 5.32 Å². The summed E-state index contributed by atoms with van der Waals surface area (Å²) in [6.07, 6.45) is 1.50. The minimum absolute atomic E-state index is 0.0419. The van der Waals surface area contributed by atoms with Gasteiger partial charge in [-0.05, 0) is 47.7 Å². The van der Waals surface area contributed by atoms with Crippen molar-refractivity contribution in [1.82, 2.24) is 0 Å². The summed E-state index contributed by atoms with van der Waals surface area (Å²) < 4.78 is 5.21. The number of carbonyl (C=O) groups is 1. The Labute approximate surface area is 157 Å². The van der Waals surface area contributed by atoms with Crippen LogP contribution in [0.25, 0.3) is 0 Å². The van der Waals surface area contributed by atoms with Gasteiger partial charge in [0.2, 0.25) is 0 Å². The number of furan rings is 1. The third-order valence-electron chi connectivity index (χ3n) is 3.65. The minimum atomic E-state index is -1.22. The zero-order valence-corrected chi connectivity index (χ0v) is 14.6. The van der Waals surface area contributed by atoms with Crippen LogP contribution in [0.3, 0.4) is 0 Å². The Morgan fingerprint density at radius 2 is 2.04 bits per heavy atom. The fourth-order valence-electron chi connectivity index (χ4n) is 2.36. The number of anilines is 1. The average molecular weight is 386 g/mol. The van der Waals surface area contributed by atoms with Crippen LogP contribution >= 0.6 is 11.8 Å². The molecule has 0 fully saturated rings. The van der Waals surface area contributed by atoms with E-state index in [-0.39, 0.29) is 23.5 Å². The number of carboxylic acids is 1. The highest BCUT2D eigenvalue weighted by atomic mass is 32.2. The van der Waals surface area contributed by atoms with E-state index in [1.165, 1.54) is 30.5 Å². The van der Waals surface area contributed by atoms with Crippen molar-refractivity contribution >= 4 is 29.1 Å². The molecule has 0 bridgehead atoms. The molecule has 0 spiro atoms. The lowest BCUT2D eigenvalue weighted by molar-refractivity contribution is -0.387. The highest BCUT2D eigenvalue weighted by molar-refractivity contribution is 7.99. The van der Waals surface area contributed by atoms with Crippen molar-refractivity contribution < 1.29 is 24.3 Å². The molecule has 0 amide bonds. The molecule has 0 atom stereocenters. The molecular formula is C18H14N2O6S. The lowest BCUT2D eigenvalue weighted by Gasteiger charge is -2.09. The van der Waals surface area contributed by atoms with Crippen LogP contribution in [0.4, 0.5) is 11.4 Å². The first-order valence-corrected chi connectivity index (χ1v) is 8.54. The van der Waals surface area contributed by atoms with Gasteiger partial charge >= 0.3 is 5.97 Å². The Hall–Kier alpha value is -3.46. The molecule has 2 aromatic carbocycles. The summed E-state index contributed by atoms with van der Waals surface area (Å²) in [7, 11) is 0. The summed E-state index contributed by atoms with van der Waals surface area (Å²) in [4.78, 5) is 22.3. The predicted molar refractivity (Wildman–Crippen MR) is 98.3 cm³/mol. The summed E-state index contributed by atoms with van der Waals surface area (Å²) in [5.41, 5.74) is 0.914. The molecule has 0 aliphatic carbocycles. The van der Waals surface area contributed by atoms with Crippen molar-refractivity contribution in [1.29, 1.82) is 0 Å². The zero-order chi connectivity index (χ0) is 19.4. The number of nitro groups is 1. The molecule has 0 unspecified atom stereocenters. The van der Waals surface area contributed by atoms with Crippen LogP contribution < -0.4 is 5.32 Å². The van der Waals surface area contributed by atoms with Crippen molar-refractivity contribution in [3.05, 3.63) is 76.0 Å². The largest absolute Gasteiger partial charge is 0.507 e. The summed E-state index contributed by atoms with van der Waals surface area (Å²) in [5.74, 6) is -1.58. The molecule has 0 aliphatic rings. The first-order valence-electron chi connectivity index (χ1n) is 7.73. The van der Waals surface area contributed by atoms with Gasteiger partial charge in [0.05, 0.1) is 16.1 Å². The zero-order valence-electron chi connectivity index (χ0n) is 13.8. The van der Waals surface area contributed by atoms with Crippen LogP contribution in [0.15, 0.2) is 69.2 Å². The van der Waals surface area contributed by atoms with Crippen LogP contribution in [-0.2, 0) is 6.54 Å². The van der Waals surface area contributed by atoms with Gasteiger partial charge in [0.15, 0.2) is 5.09 Å². The normalized spacial score (nSPS) is 10.5. The molecule has 0 saturated heterocycles. The fourth-order valence-corrected chi connectivity index (χ4v) is 3.20. The van der Waals surface area contributed by atoms with E-state index in [0.29, 0.717) is 21.2 Å². The van der Waals surface area contributed by atoms with E-state index in [1.807, 2.05) is 0 Å². The minimum Gasteiger partial charge on any atom is -0.507 e. The van der Waals surface area contributed by atoms with E-state index in [4.69, 9.17) is 9.52 Å². The lowest BCUT2D eigenvalue weighted by Crippen LogP contribution is -2.02. The van der Waals surface area contributed by atoms with Crippen LogP contribution in [0.1, 0.15) is 15.9 Å². The van der Waals surface area contributed by atoms with Gasteiger partial charge in [-0.15, -0.1) is 0 Å². The number of aromatic carboxylic acids is 1. The number of hydrogen-bond acceptors (Lipinski definition) is 7. The molecule has 3 aromatic rings. The molecular weight excluding hydrogens is 372 g/mol. The Bertz CT molecular complexity index is 988.